The van der Waals surface area contributed by atoms with Crippen LogP contribution in [0.4, 0.5) is 0 Å². The standard InChI is InChI=1S/C9H20O2.H3N/c1-9(11)7-5-3-2-4-6-8-10;/h9-11H,2-8H2,1H3;1H3. The molecule has 0 aliphatic rings. The molecule has 0 saturated carbocycles. The fourth-order valence-corrected chi connectivity index (χ4v) is 1.08. The van der Waals surface area contributed by atoms with E-state index in [9.17, 15) is 0 Å². The first-order valence-electron chi connectivity index (χ1n) is 4.56. The second-order valence-corrected chi connectivity index (χ2v) is 3.13. The fraction of sp³-hybridized carbons (Fsp3) is 1.00. The predicted molar refractivity (Wildman–Crippen MR) is 51.5 cm³/mol. The van der Waals surface area contributed by atoms with E-state index in [-0.39, 0.29) is 12.3 Å². The smallest absolute Gasteiger partial charge is 0.0512 e. The van der Waals surface area contributed by atoms with Crippen molar-refractivity contribution < 1.29 is 10.2 Å². The summed E-state index contributed by atoms with van der Waals surface area (Å²) in [6, 6.07) is 0. The highest BCUT2D eigenvalue weighted by molar-refractivity contribution is 4.48. The maximum absolute atomic E-state index is 8.92. The molecule has 0 amide bonds. The molecule has 3 nitrogen and oxygen atoms in total. The number of aliphatic hydroxyl groups excluding tert-OH is 2. The van der Waals surface area contributed by atoms with Crippen molar-refractivity contribution in [3.8, 4) is 0 Å². The Morgan fingerprint density at radius 1 is 1.00 bits per heavy atom. The molecule has 0 bridgehead atoms. The highest BCUT2D eigenvalue weighted by Crippen LogP contribution is 2.06. The highest BCUT2D eigenvalue weighted by Gasteiger charge is 1.94. The van der Waals surface area contributed by atoms with Gasteiger partial charge in [0.1, 0.15) is 0 Å². The van der Waals surface area contributed by atoms with Gasteiger partial charge in [0, 0.05) is 6.61 Å². The van der Waals surface area contributed by atoms with E-state index >= 15 is 0 Å². The Bertz CT molecular complexity index is 76.9. The SMILES string of the molecule is CC(O)CCCCCCCO.N. The van der Waals surface area contributed by atoms with Crippen molar-refractivity contribution in [2.24, 2.45) is 0 Å². The zero-order valence-electron chi connectivity index (χ0n) is 8.13. The van der Waals surface area contributed by atoms with Gasteiger partial charge < -0.3 is 16.4 Å². The second-order valence-electron chi connectivity index (χ2n) is 3.13. The molecule has 0 aromatic carbocycles. The third kappa shape index (κ3) is 12.5. The largest absolute Gasteiger partial charge is 0.396 e. The van der Waals surface area contributed by atoms with Gasteiger partial charge in [-0.2, -0.15) is 0 Å². The Morgan fingerprint density at radius 3 is 2.00 bits per heavy atom. The van der Waals surface area contributed by atoms with Crippen LogP contribution in [0.2, 0.25) is 0 Å². The van der Waals surface area contributed by atoms with Crippen LogP contribution in [0.25, 0.3) is 0 Å². The molecule has 12 heavy (non-hydrogen) atoms. The van der Waals surface area contributed by atoms with Crippen LogP contribution in [0.5, 0.6) is 0 Å². The van der Waals surface area contributed by atoms with Crippen LogP contribution in [0.1, 0.15) is 45.4 Å². The second kappa shape index (κ2) is 10.9. The minimum atomic E-state index is -0.146. The maximum atomic E-state index is 8.92. The summed E-state index contributed by atoms with van der Waals surface area (Å²) in [5, 5.41) is 17.4. The third-order valence-corrected chi connectivity index (χ3v) is 1.78. The summed E-state index contributed by atoms with van der Waals surface area (Å²) in [4.78, 5) is 0. The van der Waals surface area contributed by atoms with Crippen LogP contribution < -0.4 is 6.15 Å². The molecule has 0 aliphatic carbocycles. The van der Waals surface area contributed by atoms with Gasteiger partial charge in [-0.15, -0.1) is 0 Å². The lowest BCUT2D eigenvalue weighted by Gasteiger charge is -2.02. The summed E-state index contributed by atoms with van der Waals surface area (Å²) < 4.78 is 0. The van der Waals surface area contributed by atoms with Gasteiger partial charge in [-0.25, -0.2) is 0 Å². The number of hydrogen-bond acceptors (Lipinski definition) is 3. The molecular formula is C9H23NO2. The van der Waals surface area contributed by atoms with Crippen LogP contribution in [-0.2, 0) is 0 Å². The summed E-state index contributed by atoms with van der Waals surface area (Å²) in [6.07, 6.45) is 6.30. The molecule has 0 rings (SSSR count). The average Bonchev–Trinajstić information content (AvgIpc) is 1.96. The van der Waals surface area contributed by atoms with E-state index in [1.807, 2.05) is 6.92 Å². The molecule has 0 heterocycles. The molecular weight excluding hydrogens is 154 g/mol. The highest BCUT2D eigenvalue weighted by atomic mass is 16.3. The normalized spacial score (nSPS) is 12.2. The lowest BCUT2D eigenvalue weighted by atomic mass is 10.1. The molecule has 1 atom stereocenters. The summed E-state index contributed by atoms with van der Waals surface area (Å²) in [6.45, 7) is 2.14. The van der Waals surface area contributed by atoms with E-state index < -0.39 is 0 Å². The van der Waals surface area contributed by atoms with Crippen molar-refractivity contribution in [2.75, 3.05) is 6.61 Å². The summed E-state index contributed by atoms with van der Waals surface area (Å²) in [7, 11) is 0. The summed E-state index contributed by atoms with van der Waals surface area (Å²) in [5.74, 6) is 0. The van der Waals surface area contributed by atoms with Crippen LogP contribution in [-0.4, -0.2) is 22.9 Å². The molecule has 0 aliphatic heterocycles. The molecule has 0 radical (unpaired) electrons. The van der Waals surface area contributed by atoms with Crippen LogP contribution >= 0.6 is 0 Å². The van der Waals surface area contributed by atoms with Gasteiger partial charge in [0.2, 0.25) is 0 Å². The van der Waals surface area contributed by atoms with E-state index in [4.69, 9.17) is 10.2 Å². The minimum Gasteiger partial charge on any atom is -0.396 e. The third-order valence-electron chi connectivity index (χ3n) is 1.78. The van der Waals surface area contributed by atoms with Crippen molar-refractivity contribution in [3.05, 3.63) is 0 Å². The molecule has 0 spiro atoms. The van der Waals surface area contributed by atoms with Crippen molar-refractivity contribution in [3.63, 3.8) is 0 Å². The van der Waals surface area contributed by atoms with Crippen molar-refractivity contribution in [2.45, 2.75) is 51.6 Å². The molecule has 3 heteroatoms. The fourth-order valence-electron chi connectivity index (χ4n) is 1.08. The molecule has 0 aromatic rings. The Morgan fingerprint density at radius 2 is 1.50 bits per heavy atom. The van der Waals surface area contributed by atoms with Crippen molar-refractivity contribution in [1.29, 1.82) is 0 Å². The van der Waals surface area contributed by atoms with Crippen LogP contribution in [0.3, 0.4) is 0 Å². The van der Waals surface area contributed by atoms with Gasteiger partial charge in [0.15, 0.2) is 0 Å². The van der Waals surface area contributed by atoms with Gasteiger partial charge >= 0.3 is 0 Å². The monoisotopic (exact) mass is 177 g/mol. The average molecular weight is 177 g/mol. The van der Waals surface area contributed by atoms with Crippen molar-refractivity contribution in [1.82, 2.24) is 6.15 Å². The topological polar surface area (TPSA) is 75.5 Å². The lowest BCUT2D eigenvalue weighted by molar-refractivity contribution is 0.180. The van der Waals surface area contributed by atoms with Gasteiger partial charge in [0.25, 0.3) is 0 Å². The summed E-state index contributed by atoms with van der Waals surface area (Å²) in [5.41, 5.74) is 0. The van der Waals surface area contributed by atoms with Crippen LogP contribution in [0, 0.1) is 0 Å². The van der Waals surface area contributed by atoms with Gasteiger partial charge in [-0.1, -0.05) is 25.7 Å². The molecule has 0 saturated heterocycles. The Kier molecular flexibility index (Phi) is 13.1. The summed E-state index contributed by atoms with van der Waals surface area (Å²) >= 11 is 0. The Balaban J connectivity index is 0. The zero-order chi connectivity index (χ0) is 8.53. The van der Waals surface area contributed by atoms with Crippen LogP contribution in [0.15, 0.2) is 0 Å². The molecule has 5 N–H and O–H groups in total. The van der Waals surface area contributed by atoms with Gasteiger partial charge in [-0.3, -0.25) is 0 Å². The predicted octanol–water partition coefficient (Wildman–Crippen LogP) is 1.86. The number of hydrogen-bond donors (Lipinski definition) is 3. The molecule has 76 valence electrons. The quantitative estimate of drug-likeness (QED) is 0.519. The molecule has 1 unspecified atom stereocenters. The Hall–Kier alpha value is -0.120. The first-order valence-corrected chi connectivity index (χ1v) is 4.56. The first-order chi connectivity index (χ1) is 5.27. The number of rotatable bonds is 7. The van der Waals surface area contributed by atoms with Crippen molar-refractivity contribution >= 4 is 0 Å². The zero-order valence-corrected chi connectivity index (χ0v) is 8.13. The molecule has 0 fully saturated rings. The first kappa shape index (κ1) is 14.4. The van der Waals surface area contributed by atoms with E-state index in [0.717, 1.165) is 25.7 Å². The van der Waals surface area contributed by atoms with Gasteiger partial charge in [0.05, 0.1) is 6.10 Å². The van der Waals surface area contributed by atoms with E-state index in [1.54, 1.807) is 0 Å². The maximum Gasteiger partial charge on any atom is 0.0512 e. The number of aliphatic hydroxyl groups is 2. The lowest BCUT2D eigenvalue weighted by Crippen LogP contribution is -1.98. The van der Waals surface area contributed by atoms with Gasteiger partial charge in [-0.05, 0) is 19.8 Å². The molecule has 0 aromatic heterocycles. The Labute approximate surface area is 75.4 Å². The minimum absolute atomic E-state index is 0. The van der Waals surface area contributed by atoms with E-state index in [2.05, 4.69) is 0 Å². The number of unbranched alkanes of at least 4 members (excludes halogenated alkanes) is 4. The van der Waals surface area contributed by atoms with E-state index in [1.165, 1.54) is 12.8 Å². The van der Waals surface area contributed by atoms with E-state index in [0.29, 0.717) is 6.61 Å².